The van der Waals surface area contributed by atoms with E-state index in [0.717, 1.165) is 12.8 Å². The average Bonchev–Trinajstić information content (AvgIpc) is 2.49. The van der Waals surface area contributed by atoms with Crippen LogP contribution in [0.2, 0.25) is 0 Å². The minimum Gasteiger partial charge on any atom is -0.341 e. The van der Waals surface area contributed by atoms with Crippen LogP contribution in [0.5, 0.6) is 0 Å². The summed E-state index contributed by atoms with van der Waals surface area (Å²) in [7, 11) is -3.62. The lowest BCUT2D eigenvalue weighted by Gasteiger charge is -2.26. The number of nitrogens with one attached hydrogen (secondary N) is 2. The number of benzene rings is 1. The zero-order valence-electron chi connectivity index (χ0n) is 13.0. The molecule has 23 heavy (non-hydrogen) atoms. The van der Waals surface area contributed by atoms with Crippen LogP contribution in [0.25, 0.3) is 0 Å². The van der Waals surface area contributed by atoms with Crippen molar-refractivity contribution >= 4 is 27.5 Å². The lowest BCUT2D eigenvalue weighted by molar-refractivity contribution is -0.133. The standard InChI is InChI=1S/C15H21N3O4S/c1-12(19)17-13-5-7-14(8-6-13)23(21,22)16-9-11-18-10-3-2-4-15(18)20/h5-8,16H,2-4,9-11H2,1H3,(H,17,19). The molecule has 0 saturated carbocycles. The van der Waals surface area contributed by atoms with E-state index in [-0.39, 0.29) is 23.3 Å². The van der Waals surface area contributed by atoms with E-state index < -0.39 is 10.0 Å². The lowest BCUT2D eigenvalue weighted by Crippen LogP contribution is -2.41. The Morgan fingerprint density at radius 3 is 2.52 bits per heavy atom. The van der Waals surface area contributed by atoms with Gasteiger partial charge in [0, 0.05) is 38.7 Å². The number of hydrogen-bond donors (Lipinski definition) is 2. The molecule has 1 aromatic rings. The van der Waals surface area contributed by atoms with Gasteiger partial charge in [0.2, 0.25) is 21.8 Å². The molecule has 0 aliphatic carbocycles. The molecule has 7 nitrogen and oxygen atoms in total. The summed E-state index contributed by atoms with van der Waals surface area (Å²) in [6.45, 7) is 2.63. The third kappa shape index (κ3) is 5.04. The van der Waals surface area contributed by atoms with E-state index in [2.05, 4.69) is 10.0 Å². The predicted molar refractivity (Wildman–Crippen MR) is 86.4 cm³/mol. The number of rotatable bonds is 6. The Morgan fingerprint density at radius 1 is 1.22 bits per heavy atom. The van der Waals surface area contributed by atoms with Crippen LogP contribution in [0.4, 0.5) is 5.69 Å². The average molecular weight is 339 g/mol. The summed E-state index contributed by atoms with van der Waals surface area (Å²) in [5.74, 6) is -0.139. The minimum absolute atomic E-state index is 0.0788. The monoisotopic (exact) mass is 339 g/mol. The Hall–Kier alpha value is -1.93. The number of amides is 2. The maximum Gasteiger partial charge on any atom is 0.240 e. The van der Waals surface area contributed by atoms with Crippen LogP contribution in [0, 0.1) is 0 Å². The second kappa shape index (κ2) is 7.56. The number of hydrogen-bond acceptors (Lipinski definition) is 4. The fraction of sp³-hybridized carbons (Fsp3) is 0.467. The molecule has 1 saturated heterocycles. The molecule has 0 aromatic heterocycles. The van der Waals surface area contributed by atoms with Crippen molar-refractivity contribution in [2.75, 3.05) is 25.0 Å². The molecule has 0 spiro atoms. The first-order chi connectivity index (χ1) is 10.9. The van der Waals surface area contributed by atoms with E-state index >= 15 is 0 Å². The van der Waals surface area contributed by atoms with Gasteiger partial charge < -0.3 is 10.2 Å². The molecule has 0 atom stereocenters. The van der Waals surface area contributed by atoms with Gasteiger partial charge in [-0.15, -0.1) is 0 Å². The summed E-state index contributed by atoms with van der Waals surface area (Å²) in [5, 5.41) is 2.58. The van der Waals surface area contributed by atoms with Gasteiger partial charge in [-0.25, -0.2) is 13.1 Å². The molecule has 126 valence electrons. The molecule has 1 heterocycles. The van der Waals surface area contributed by atoms with Crippen molar-refractivity contribution < 1.29 is 18.0 Å². The molecule has 0 radical (unpaired) electrons. The first kappa shape index (κ1) is 17.4. The van der Waals surface area contributed by atoms with Gasteiger partial charge in [-0.3, -0.25) is 9.59 Å². The largest absolute Gasteiger partial charge is 0.341 e. The molecular formula is C15H21N3O4S. The van der Waals surface area contributed by atoms with Crippen molar-refractivity contribution in [2.24, 2.45) is 0 Å². The molecule has 1 aliphatic rings. The fourth-order valence-corrected chi connectivity index (χ4v) is 3.44. The maximum atomic E-state index is 12.2. The maximum absolute atomic E-state index is 12.2. The molecule has 2 amide bonds. The highest BCUT2D eigenvalue weighted by molar-refractivity contribution is 7.89. The number of carbonyl (C=O) groups is 2. The summed E-state index contributed by atoms with van der Waals surface area (Å²) in [6.07, 6.45) is 2.40. The van der Waals surface area contributed by atoms with Crippen molar-refractivity contribution in [3.8, 4) is 0 Å². The third-order valence-electron chi connectivity index (χ3n) is 3.58. The van der Waals surface area contributed by atoms with Gasteiger partial charge in [-0.2, -0.15) is 0 Å². The Morgan fingerprint density at radius 2 is 1.91 bits per heavy atom. The summed E-state index contributed by atoms with van der Waals surface area (Å²) in [5.41, 5.74) is 0.537. The molecule has 0 bridgehead atoms. The van der Waals surface area contributed by atoms with Crippen LogP contribution in [-0.4, -0.2) is 44.8 Å². The van der Waals surface area contributed by atoms with Crippen LogP contribution >= 0.6 is 0 Å². The van der Waals surface area contributed by atoms with Crippen molar-refractivity contribution in [2.45, 2.75) is 31.1 Å². The fourth-order valence-electron chi connectivity index (χ4n) is 2.42. The van der Waals surface area contributed by atoms with Crippen LogP contribution in [0.3, 0.4) is 0 Å². The predicted octanol–water partition coefficient (Wildman–Crippen LogP) is 0.936. The van der Waals surface area contributed by atoms with Crippen molar-refractivity contribution in [3.63, 3.8) is 0 Å². The van der Waals surface area contributed by atoms with Gasteiger partial charge >= 0.3 is 0 Å². The number of likely N-dealkylation sites (tertiary alicyclic amines) is 1. The Bertz CT molecular complexity index is 670. The van der Waals surface area contributed by atoms with E-state index in [0.29, 0.717) is 25.2 Å². The highest BCUT2D eigenvalue weighted by Crippen LogP contribution is 2.14. The molecular weight excluding hydrogens is 318 g/mol. The van der Waals surface area contributed by atoms with E-state index in [1.165, 1.54) is 31.2 Å². The van der Waals surface area contributed by atoms with Crippen molar-refractivity contribution in [1.29, 1.82) is 0 Å². The van der Waals surface area contributed by atoms with E-state index in [4.69, 9.17) is 0 Å². The van der Waals surface area contributed by atoms with E-state index in [1.54, 1.807) is 4.90 Å². The summed E-state index contributed by atoms with van der Waals surface area (Å²) in [4.78, 5) is 24.4. The second-order valence-corrected chi connectivity index (χ2v) is 7.21. The topological polar surface area (TPSA) is 95.6 Å². The van der Waals surface area contributed by atoms with Gasteiger partial charge in [0.1, 0.15) is 0 Å². The molecule has 8 heteroatoms. The van der Waals surface area contributed by atoms with E-state index in [1.807, 2.05) is 0 Å². The molecule has 1 aliphatic heterocycles. The minimum atomic E-state index is -3.62. The van der Waals surface area contributed by atoms with Gasteiger partial charge in [-0.05, 0) is 37.1 Å². The molecule has 2 N–H and O–H groups in total. The van der Waals surface area contributed by atoms with Crippen LogP contribution in [0.1, 0.15) is 26.2 Å². The molecule has 1 fully saturated rings. The molecule has 2 rings (SSSR count). The van der Waals surface area contributed by atoms with Gasteiger partial charge in [0.15, 0.2) is 0 Å². The first-order valence-corrected chi connectivity index (χ1v) is 9.02. The van der Waals surface area contributed by atoms with Crippen LogP contribution in [0.15, 0.2) is 29.2 Å². The Labute approximate surface area is 136 Å². The van der Waals surface area contributed by atoms with Gasteiger partial charge in [0.05, 0.1) is 4.90 Å². The first-order valence-electron chi connectivity index (χ1n) is 7.53. The highest BCUT2D eigenvalue weighted by atomic mass is 32.2. The lowest BCUT2D eigenvalue weighted by atomic mass is 10.1. The summed E-state index contributed by atoms with van der Waals surface area (Å²) in [6, 6.07) is 5.92. The number of piperidine rings is 1. The third-order valence-corrected chi connectivity index (χ3v) is 5.06. The summed E-state index contributed by atoms with van der Waals surface area (Å²) >= 11 is 0. The molecule has 1 aromatic carbocycles. The van der Waals surface area contributed by atoms with Gasteiger partial charge in [0.25, 0.3) is 0 Å². The quantitative estimate of drug-likeness (QED) is 0.806. The highest BCUT2D eigenvalue weighted by Gasteiger charge is 2.19. The SMILES string of the molecule is CC(=O)Nc1ccc(S(=O)(=O)NCCN2CCCCC2=O)cc1. The van der Waals surface area contributed by atoms with Crippen LogP contribution < -0.4 is 10.0 Å². The summed E-state index contributed by atoms with van der Waals surface area (Å²) < 4.78 is 26.9. The Kier molecular flexibility index (Phi) is 5.73. The number of anilines is 1. The number of sulfonamides is 1. The Balaban J connectivity index is 1.90. The zero-order valence-corrected chi connectivity index (χ0v) is 13.9. The number of carbonyl (C=O) groups excluding carboxylic acids is 2. The smallest absolute Gasteiger partial charge is 0.240 e. The zero-order chi connectivity index (χ0) is 16.9. The molecule has 0 unspecified atom stereocenters. The van der Waals surface area contributed by atoms with E-state index in [9.17, 15) is 18.0 Å². The van der Waals surface area contributed by atoms with Crippen LogP contribution in [-0.2, 0) is 19.6 Å². The normalized spacial score (nSPS) is 15.5. The van der Waals surface area contributed by atoms with Crippen molar-refractivity contribution in [1.82, 2.24) is 9.62 Å². The van der Waals surface area contributed by atoms with Crippen molar-refractivity contribution in [3.05, 3.63) is 24.3 Å². The second-order valence-electron chi connectivity index (χ2n) is 5.44. The van der Waals surface area contributed by atoms with Gasteiger partial charge in [-0.1, -0.05) is 0 Å². The number of nitrogens with zero attached hydrogens (tertiary/aromatic N) is 1.